The molecule has 3 rings (SSSR count). The first-order chi connectivity index (χ1) is 12.7. The molecule has 0 heterocycles. The van der Waals surface area contributed by atoms with Gasteiger partial charge in [-0.05, 0) is 54.4 Å². The number of aryl methyl sites for hydroxylation is 1. The fourth-order valence-electron chi connectivity index (χ4n) is 2.47. The molecule has 26 heavy (non-hydrogen) atoms. The molecule has 3 aromatic carbocycles. The Bertz CT molecular complexity index is 885. The van der Waals surface area contributed by atoms with Gasteiger partial charge in [-0.2, -0.15) is 0 Å². The number of hydrogen-bond acceptors (Lipinski definition) is 4. The zero-order chi connectivity index (χ0) is 18.4. The lowest BCUT2D eigenvalue weighted by Gasteiger charge is -2.10. The molecule has 0 aromatic heterocycles. The van der Waals surface area contributed by atoms with Crippen LogP contribution in [0.5, 0.6) is 17.2 Å². The summed E-state index contributed by atoms with van der Waals surface area (Å²) < 4.78 is 16.4. The fraction of sp³-hybridized carbons (Fsp3) is 0.136. The van der Waals surface area contributed by atoms with Crippen molar-refractivity contribution in [2.75, 3.05) is 7.11 Å². The normalized spacial score (nSPS) is 10.2. The number of methoxy groups -OCH3 is 1. The number of para-hydroxylation sites is 2. The van der Waals surface area contributed by atoms with E-state index in [4.69, 9.17) is 14.2 Å². The van der Waals surface area contributed by atoms with Crippen LogP contribution in [0.15, 0.2) is 72.8 Å². The average molecular weight is 348 g/mol. The van der Waals surface area contributed by atoms with Crippen LogP contribution < -0.4 is 14.2 Å². The lowest BCUT2D eigenvalue weighted by Crippen LogP contribution is -2.09. The molecule has 0 aliphatic carbocycles. The molecule has 0 unspecified atom stereocenters. The molecule has 0 saturated heterocycles. The zero-order valence-electron chi connectivity index (χ0n) is 14.8. The van der Waals surface area contributed by atoms with E-state index in [1.54, 1.807) is 30.3 Å². The fourth-order valence-corrected chi connectivity index (χ4v) is 2.47. The van der Waals surface area contributed by atoms with Crippen LogP contribution in [0.25, 0.3) is 0 Å². The SMILES string of the molecule is COc1ccccc1OC(=O)c1ccc(COc2cccc(C)c2)cc1. The predicted octanol–water partition coefficient (Wildman–Crippen LogP) is 4.80. The third-order valence-corrected chi connectivity index (χ3v) is 3.86. The second kappa shape index (κ2) is 8.21. The van der Waals surface area contributed by atoms with Crippen molar-refractivity contribution in [2.45, 2.75) is 13.5 Å². The van der Waals surface area contributed by atoms with Crippen LogP contribution in [0, 0.1) is 6.92 Å². The van der Waals surface area contributed by atoms with E-state index in [-0.39, 0.29) is 0 Å². The summed E-state index contributed by atoms with van der Waals surface area (Å²) in [7, 11) is 1.54. The highest BCUT2D eigenvalue weighted by Gasteiger charge is 2.11. The first-order valence-corrected chi connectivity index (χ1v) is 8.29. The van der Waals surface area contributed by atoms with Gasteiger partial charge < -0.3 is 14.2 Å². The lowest BCUT2D eigenvalue weighted by molar-refractivity contribution is 0.0729. The molecule has 0 radical (unpaired) electrons. The minimum Gasteiger partial charge on any atom is -0.493 e. The van der Waals surface area contributed by atoms with Crippen LogP contribution in [-0.2, 0) is 6.61 Å². The summed E-state index contributed by atoms with van der Waals surface area (Å²) in [6.45, 7) is 2.46. The van der Waals surface area contributed by atoms with E-state index >= 15 is 0 Å². The second-order valence-corrected chi connectivity index (χ2v) is 5.84. The van der Waals surface area contributed by atoms with Gasteiger partial charge in [0.1, 0.15) is 12.4 Å². The molecule has 4 heteroatoms. The average Bonchev–Trinajstić information content (AvgIpc) is 2.67. The Kier molecular flexibility index (Phi) is 5.54. The molecular formula is C22H20O4. The quantitative estimate of drug-likeness (QED) is 0.474. The van der Waals surface area contributed by atoms with Gasteiger partial charge in [0.15, 0.2) is 11.5 Å². The van der Waals surface area contributed by atoms with Crippen molar-refractivity contribution in [1.82, 2.24) is 0 Å². The zero-order valence-corrected chi connectivity index (χ0v) is 14.8. The van der Waals surface area contributed by atoms with Gasteiger partial charge in [0.05, 0.1) is 12.7 Å². The van der Waals surface area contributed by atoms with E-state index in [1.165, 1.54) is 7.11 Å². The highest BCUT2D eigenvalue weighted by molar-refractivity contribution is 5.91. The standard InChI is InChI=1S/C22H20O4/c1-16-6-5-7-19(14-16)25-15-17-10-12-18(13-11-17)22(23)26-21-9-4-3-8-20(21)24-2/h3-14H,15H2,1-2H3. The number of carbonyl (C=O) groups excluding carboxylic acids is 1. The summed E-state index contributed by atoms with van der Waals surface area (Å²) >= 11 is 0. The first-order valence-electron chi connectivity index (χ1n) is 8.29. The summed E-state index contributed by atoms with van der Waals surface area (Å²) in [4.78, 5) is 12.3. The predicted molar refractivity (Wildman–Crippen MR) is 99.9 cm³/mol. The van der Waals surface area contributed by atoms with Gasteiger partial charge in [-0.1, -0.05) is 36.4 Å². The molecule has 0 saturated carbocycles. The molecule has 0 fully saturated rings. The molecular weight excluding hydrogens is 328 g/mol. The van der Waals surface area contributed by atoms with E-state index in [0.29, 0.717) is 23.7 Å². The Morgan fingerprint density at radius 3 is 2.31 bits per heavy atom. The third-order valence-electron chi connectivity index (χ3n) is 3.86. The molecule has 0 aliphatic rings. The van der Waals surface area contributed by atoms with Crippen LogP contribution in [0.2, 0.25) is 0 Å². The number of carbonyl (C=O) groups is 1. The Labute approximate surface area is 153 Å². The van der Waals surface area contributed by atoms with Gasteiger partial charge in [0.2, 0.25) is 0 Å². The number of ether oxygens (including phenoxy) is 3. The van der Waals surface area contributed by atoms with Crippen molar-refractivity contribution in [3.05, 3.63) is 89.5 Å². The molecule has 3 aromatic rings. The molecule has 0 bridgehead atoms. The summed E-state index contributed by atoms with van der Waals surface area (Å²) in [6, 6.07) is 22.1. The van der Waals surface area contributed by atoms with Gasteiger partial charge in [-0.3, -0.25) is 0 Å². The summed E-state index contributed by atoms with van der Waals surface area (Å²) in [6.07, 6.45) is 0. The highest BCUT2D eigenvalue weighted by Crippen LogP contribution is 2.26. The second-order valence-electron chi connectivity index (χ2n) is 5.84. The van der Waals surface area contributed by atoms with Gasteiger partial charge in [0.25, 0.3) is 0 Å². The van der Waals surface area contributed by atoms with Crippen molar-refractivity contribution in [3.8, 4) is 17.2 Å². The van der Waals surface area contributed by atoms with Crippen molar-refractivity contribution in [1.29, 1.82) is 0 Å². The molecule has 4 nitrogen and oxygen atoms in total. The van der Waals surface area contributed by atoms with Gasteiger partial charge >= 0.3 is 5.97 Å². The molecule has 0 spiro atoms. The first kappa shape index (κ1) is 17.5. The monoisotopic (exact) mass is 348 g/mol. The molecule has 0 aliphatic heterocycles. The lowest BCUT2D eigenvalue weighted by atomic mass is 10.1. The maximum Gasteiger partial charge on any atom is 0.343 e. The van der Waals surface area contributed by atoms with E-state index in [9.17, 15) is 4.79 Å². The highest BCUT2D eigenvalue weighted by atomic mass is 16.6. The van der Waals surface area contributed by atoms with E-state index in [1.807, 2.05) is 49.4 Å². The number of esters is 1. The minimum atomic E-state index is -0.430. The largest absolute Gasteiger partial charge is 0.493 e. The number of hydrogen-bond donors (Lipinski definition) is 0. The van der Waals surface area contributed by atoms with Crippen LogP contribution in [0.3, 0.4) is 0 Å². The summed E-state index contributed by atoms with van der Waals surface area (Å²) in [5, 5.41) is 0. The van der Waals surface area contributed by atoms with Crippen molar-refractivity contribution in [2.24, 2.45) is 0 Å². The Morgan fingerprint density at radius 1 is 0.885 bits per heavy atom. The molecule has 0 amide bonds. The minimum absolute atomic E-state index is 0.395. The smallest absolute Gasteiger partial charge is 0.343 e. The topological polar surface area (TPSA) is 44.8 Å². The summed E-state index contributed by atoms with van der Waals surface area (Å²) in [5.41, 5.74) is 2.59. The van der Waals surface area contributed by atoms with E-state index < -0.39 is 5.97 Å². The molecule has 0 atom stereocenters. The van der Waals surface area contributed by atoms with Gasteiger partial charge in [-0.15, -0.1) is 0 Å². The maximum absolute atomic E-state index is 12.3. The van der Waals surface area contributed by atoms with Gasteiger partial charge in [-0.25, -0.2) is 4.79 Å². The van der Waals surface area contributed by atoms with Crippen LogP contribution in [0.1, 0.15) is 21.5 Å². The number of benzene rings is 3. The van der Waals surface area contributed by atoms with Crippen LogP contribution >= 0.6 is 0 Å². The number of rotatable bonds is 6. The van der Waals surface area contributed by atoms with Crippen molar-refractivity contribution >= 4 is 5.97 Å². The van der Waals surface area contributed by atoms with Gasteiger partial charge in [0, 0.05) is 0 Å². The Balaban J connectivity index is 1.62. The Morgan fingerprint density at radius 2 is 1.62 bits per heavy atom. The van der Waals surface area contributed by atoms with E-state index in [0.717, 1.165) is 16.9 Å². The maximum atomic E-state index is 12.3. The van der Waals surface area contributed by atoms with Crippen LogP contribution in [-0.4, -0.2) is 13.1 Å². The van der Waals surface area contributed by atoms with E-state index in [2.05, 4.69) is 0 Å². The van der Waals surface area contributed by atoms with Crippen molar-refractivity contribution < 1.29 is 19.0 Å². The third kappa shape index (κ3) is 4.42. The Hall–Kier alpha value is -3.27. The molecule has 132 valence electrons. The van der Waals surface area contributed by atoms with Crippen LogP contribution in [0.4, 0.5) is 0 Å². The molecule has 0 N–H and O–H groups in total. The summed E-state index contributed by atoms with van der Waals surface area (Å²) in [5.74, 6) is 1.31. The van der Waals surface area contributed by atoms with Crippen molar-refractivity contribution in [3.63, 3.8) is 0 Å².